The number of aryl methyl sites for hydroxylation is 1. The van der Waals surface area contributed by atoms with E-state index in [2.05, 4.69) is 16.8 Å². The Morgan fingerprint density at radius 2 is 1.73 bits per heavy atom. The van der Waals surface area contributed by atoms with Gasteiger partial charge in [0.1, 0.15) is 5.76 Å². The monoisotopic (exact) mass is 423 g/mol. The third kappa shape index (κ3) is 4.51. The highest BCUT2D eigenvalue weighted by atomic mass is 35.5. The van der Waals surface area contributed by atoms with Crippen molar-refractivity contribution in [3.63, 3.8) is 0 Å². The van der Waals surface area contributed by atoms with Crippen LogP contribution >= 0.6 is 11.6 Å². The summed E-state index contributed by atoms with van der Waals surface area (Å²) in [5.74, 6) is 1.36. The van der Waals surface area contributed by atoms with Crippen LogP contribution in [-0.4, -0.2) is 42.0 Å². The second-order valence-corrected chi connectivity index (χ2v) is 7.91. The normalized spacial score (nSPS) is 14.2. The van der Waals surface area contributed by atoms with Crippen LogP contribution < -0.4 is 4.90 Å². The number of aromatic nitrogens is 1. The third-order valence-corrected chi connectivity index (χ3v) is 5.74. The van der Waals surface area contributed by atoms with E-state index in [1.165, 1.54) is 0 Å². The van der Waals surface area contributed by atoms with Gasteiger partial charge in [0.05, 0.1) is 22.8 Å². The topological polar surface area (TPSA) is 49.6 Å². The van der Waals surface area contributed by atoms with Gasteiger partial charge in [-0.05, 0) is 30.7 Å². The molecule has 4 rings (SSSR count). The molecule has 0 radical (unpaired) electrons. The molecule has 30 heavy (non-hydrogen) atoms. The van der Waals surface area contributed by atoms with Crippen molar-refractivity contribution in [3.8, 4) is 11.5 Å². The first kappa shape index (κ1) is 20.5. The van der Waals surface area contributed by atoms with Crippen LogP contribution in [0.3, 0.4) is 0 Å². The Balaban J connectivity index is 1.43. The molecule has 0 bridgehead atoms. The second-order valence-electron chi connectivity index (χ2n) is 7.50. The lowest BCUT2D eigenvalue weighted by Crippen LogP contribution is -2.49. The molecule has 1 amide bonds. The van der Waals surface area contributed by atoms with E-state index in [1.807, 2.05) is 59.5 Å². The summed E-state index contributed by atoms with van der Waals surface area (Å²) in [5, 5.41) is 0.747. The molecule has 1 aromatic heterocycles. The zero-order valence-electron chi connectivity index (χ0n) is 17.2. The minimum Gasteiger partial charge on any atom is -0.440 e. The number of para-hydroxylation sites is 1. The molecule has 1 fully saturated rings. The Hall–Kier alpha value is -2.79. The number of rotatable bonds is 6. The summed E-state index contributed by atoms with van der Waals surface area (Å²) in [5.41, 5.74) is 2.85. The van der Waals surface area contributed by atoms with E-state index in [0.717, 1.165) is 47.9 Å². The van der Waals surface area contributed by atoms with E-state index in [1.54, 1.807) is 0 Å². The predicted octanol–water partition coefficient (Wildman–Crippen LogP) is 4.84. The number of hydrogen-bond donors (Lipinski definition) is 0. The van der Waals surface area contributed by atoms with Crippen molar-refractivity contribution in [3.05, 3.63) is 71.1 Å². The van der Waals surface area contributed by atoms with Crippen molar-refractivity contribution in [2.45, 2.75) is 26.2 Å². The number of carbonyl (C=O) groups is 1. The smallest absolute Gasteiger partial charge is 0.230 e. The fourth-order valence-electron chi connectivity index (χ4n) is 3.81. The summed E-state index contributed by atoms with van der Waals surface area (Å²) in [7, 11) is 0. The predicted molar refractivity (Wildman–Crippen MR) is 120 cm³/mol. The van der Waals surface area contributed by atoms with Gasteiger partial charge in [-0.15, -0.1) is 0 Å². The summed E-state index contributed by atoms with van der Waals surface area (Å²) >= 11 is 6.32. The average molecular weight is 424 g/mol. The molecule has 3 aromatic rings. The van der Waals surface area contributed by atoms with E-state index in [9.17, 15) is 4.79 Å². The molecule has 1 saturated heterocycles. The number of hydrogen-bond acceptors (Lipinski definition) is 4. The number of oxazole rings is 1. The molecule has 1 aliphatic rings. The molecule has 5 nitrogen and oxygen atoms in total. The van der Waals surface area contributed by atoms with Gasteiger partial charge in [0.2, 0.25) is 11.8 Å². The van der Waals surface area contributed by atoms with Crippen molar-refractivity contribution in [1.82, 2.24) is 9.88 Å². The van der Waals surface area contributed by atoms with Gasteiger partial charge in [0.15, 0.2) is 0 Å². The van der Waals surface area contributed by atoms with Crippen LogP contribution in [0.25, 0.3) is 11.5 Å². The standard InChI is InChI=1S/C24H26ClN3O2/c1-2-8-20-22(30-24(26-20)18-9-4-3-5-10-18)17-23(29)28-15-13-27(14-16-28)21-12-7-6-11-19(21)25/h3-7,9-12H,2,8,13-17H2,1H3. The third-order valence-electron chi connectivity index (χ3n) is 5.42. The van der Waals surface area contributed by atoms with Crippen LogP contribution in [0.2, 0.25) is 5.02 Å². The second kappa shape index (κ2) is 9.35. The maximum Gasteiger partial charge on any atom is 0.230 e. The van der Waals surface area contributed by atoms with E-state index in [4.69, 9.17) is 16.0 Å². The molecule has 0 spiro atoms. The van der Waals surface area contributed by atoms with Crippen LogP contribution in [0.15, 0.2) is 59.0 Å². The lowest BCUT2D eigenvalue weighted by atomic mass is 10.1. The van der Waals surface area contributed by atoms with Crippen molar-refractivity contribution in [2.24, 2.45) is 0 Å². The first-order valence-corrected chi connectivity index (χ1v) is 10.8. The van der Waals surface area contributed by atoms with Crippen molar-refractivity contribution in [1.29, 1.82) is 0 Å². The SMILES string of the molecule is CCCc1nc(-c2ccccc2)oc1CC(=O)N1CCN(c2ccccc2Cl)CC1. The molecule has 156 valence electrons. The lowest BCUT2D eigenvalue weighted by Gasteiger charge is -2.36. The molecule has 6 heteroatoms. The summed E-state index contributed by atoms with van der Waals surface area (Å²) in [6.07, 6.45) is 2.01. The number of benzene rings is 2. The van der Waals surface area contributed by atoms with Gasteiger partial charge in [-0.1, -0.05) is 55.3 Å². The molecule has 2 heterocycles. The minimum absolute atomic E-state index is 0.0851. The summed E-state index contributed by atoms with van der Waals surface area (Å²) in [4.78, 5) is 21.8. The van der Waals surface area contributed by atoms with Crippen LogP contribution in [-0.2, 0) is 17.6 Å². The maximum atomic E-state index is 13.0. The number of piperazine rings is 1. The van der Waals surface area contributed by atoms with Crippen LogP contribution in [0.4, 0.5) is 5.69 Å². The van der Waals surface area contributed by atoms with Crippen molar-refractivity contribution < 1.29 is 9.21 Å². The molecule has 0 atom stereocenters. The van der Waals surface area contributed by atoms with E-state index in [0.29, 0.717) is 24.7 Å². The first-order chi connectivity index (χ1) is 14.7. The Bertz CT molecular complexity index is 995. The molecule has 2 aromatic carbocycles. The fraction of sp³-hybridized carbons (Fsp3) is 0.333. The highest BCUT2D eigenvalue weighted by molar-refractivity contribution is 6.33. The maximum absolute atomic E-state index is 13.0. The summed E-state index contributed by atoms with van der Waals surface area (Å²) < 4.78 is 6.03. The summed E-state index contributed by atoms with van der Waals surface area (Å²) in [6, 6.07) is 17.7. The van der Waals surface area contributed by atoms with E-state index in [-0.39, 0.29) is 12.3 Å². The Morgan fingerprint density at radius 3 is 2.43 bits per heavy atom. The lowest BCUT2D eigenvalue weighted by molar-refractivity contribution is -0.131. The van der Waals surface area contributed by atoms with E-state index < -0.39 is 0 Å². The minimum atomic E-state index is 0.0851. The number of halogens is 1. The number of carbonyl (C=O) groups excluding carboxylic acids is 1. The molecule has 1 aliphatic heterocycles. The zero-order chi connectivity index (χ0) is 20.9. The highest BCUT2D eigenvalue weighted by Gasteiger charge is 2.25. The Kier molecular flexibility index (Phi) is 6.38. The van der Waals surface area contributed by atoms with Crippen molar-refractivity contribution >= 4 is 23.2 Å². The number of nitrogens with zero attached hydrogens (tertiary/aromatic N) is 3. The quantitative estimate of drug-likeness (QED) is 0.569. The van der Waals surface area contributed by atoms with Crippen molar-refractivity contribution in [2.75, 3.05) is 31.1 Å². The molecular weight excluding hydrogens is 398 g/mol. The van der Waals surface area contributed by atoms with Gasteiger partial charge in [-0.25, -0.2) is 4.98 Å². The molecular formula is C24H26ClN3O2. The largest absolute Gasteiger partial charge is 0.440 e. The molecule has 0 saturated carbocycles. The van der Waals surface area contributed by atoms with Crippen LogP contribution in [0.1, 0.15) is 24.8 Å². The van der Waals surface area contributed by atoms with Gasteiger partial charge < -0.3 is 14.2 Å². The average Bonchev–Trinajstić information content (AvgIpc) is 3.17. The first-order valence-electron chi connectivity index (χ1n) is 10.5. The summed E-state index contributed by atoms with van der Waals surface area (Å²) in [6.45, 7) is 4.99. The molecule has 0 N–H and O–H groups in total. The number of amides is 1. The number of anilines is 1. The van der Waals surface area contributed by atoms with Gasteiger partial charge in [0.25, 0.3) is 0 Å². The van der Waals surface area contributed by atoms with Gasteiger partial charge in [-0.3, -0.25) is 4.79 Å². The van der Waals surface area contributed by atoms with E-state index >= 15 is 0 Å². The molecule has 0 aliphatic carbocycles. The Labute approximate surface area is 182 Å². The van der Waals surface area contributed by atoms with Gasteiger partial charge >= 0.3 is 0 Å². The van der Waals surface area contributed by atoms with Gasteiger partial charge in [0, 0.05) is 31.7 Å². The Morgan fingerprint density at radius 1 is 1.03 bits per heavy atom. The fourth-order valence-corrected chi connectivity index (χ4v) is 4.07. The van der Waals surface area contributed by atoms with Gasteiger partial charge in [-0.2, -0.15) is 0 Å². The zero-order valence-corrected chi connectivity index (χ0v) is 17.9. The molecule has 0 unspecified atom stereocenters. The highest BCUT2D eigenvalue weighted by Crippen LogP contribution is 2.27. The van der Waals surface area contributed by atoms with Crippen LogP contribution in [0.5, 0.6) is 0 Å². The van der Waals surface area contributed by atoms with Crippen LogP contribution in [0, 0.1) is 0 Å².